The average Bonchev–Trinajstić information content (AvgIpc) is 3.26. The van der Waals surface area contributed by atoms with Crippen LogP contribution < -0.4 is 0 Å². The van der Waals surface area contributed by atoms with E-state index in [1.165, 1.54) is 17.7 Å². The van der Waals surface area contributed by atoms with Crippen LogP contribution in [0.1, 0.15) is 97.8 Å². The molecule has 2 N–H and O–H groups in total. The lowest BCUT2D eigenvalue weighted by Gasteiger charge is -2.54. The molecule has 0 aromatic heterocycles. The molecule has 230 valence electrons. The van der Waals surface area contributed by atoms with Crippen molar-refractivity contribution in [2.45, 2.75) is 125 Å². The maximum atomic E-state index is 13.7. The highest BCUT2D eigenvalue weighted by molar-refractivity contribution is 7.92. The van der Waals surface area contributed by atoms with E-state index in [-0.39, 0.29) is 22.6 Å². The van der Waals surface area contributed by atoms with Gasteiger partial charge in [0.15, 0.2) is 15.4 Å². The van der Waals surface area contributed by atoms with E-state index >= 15 is 0 Å². The number of benzene rings is 1. The molecule has 0 spiro atoms. The molecule has 0 saturated heterocycles. The summed E-state index contributed by atoms with van der Waals surface area (Å²) in [7, 11) is -4.07. The zero-order chi connectivity index (χ0) is 29.8. The number of rotatable bonds is 8. The Morgan fingerprint density at radius 3 is 2.41 bits per heavy atom. The van der Waals surface area contributed by atoms with E-state index in [1.807, 2.05) is 0 Å². The van der Waals surface area contributed by atoms with Gasteiger partial charge in [0.1, 0.15) is 0 Å². The van der Waals surface area contributed by atoms with E-state index in [4.69, 9.17) is 0 Å². The minimum atomic E-state index is -4.92. The monoisotopic (exact) mass is 596 g/mol. The van der Waals surface area contributed by atoms with Crippen molar-refractivity contribution >= 4 is 9.84 Å². The molecule has 1 aromatic rings. The number of halogens is 3. The van der Waals surface area contributed by atoms with Crippen LogP contribution in [0.5, 0.6) is 0 Å². The number of allylic oxidation sites excluding steroid dienone is 1. The van der Waals surface area contributed by atoms with Gasteiger partial charge in [-0.25, -0.2) is 8.42 Å². The highest BCUT2D eigenvalue weighted by atomic mass is 32.2. The Morgan fingerprint density at radius 1 is 1.05 bits per heavy atom. The molecule has 3 saturated carbocycles. The zero-order valence-electron chi connectivity index (χ0n) is 24.7. The first-order chi connectivity index (χ1) is 19.1. The Kier molecular flexibility index (Phi) is 8.30. The van der Waals surface area contributed by atoms with Gasteiger partial charge in [0.05, 0.1) is 15.7 Å². The first kappa shape index (κ1) is 31.1. The third kappa shape index (κ3) is 5.66. The number of fused-ring (bicyclic) bond motifs is 5. The predicted octanol–water partition coefficient (Wildman–Crippen LogP) is 7.64. The quantitative estimate of drug-likeness (QED) is 0.303. The molecule has 0 bridgehead atoms. The van der Waals surface area contributed by atoms with Crippen molar-refractivity contribution in [3.63, 3.8) is 0 Å². The number of alkyl halides is 3. The summed E-state index contributed by atoms with van der Waals surface area (Å²) in [6.07, 6.45) is 6.00. The molecule has 4 nitrogen and oxygen atoms in total. The van der Waals surface area contributed by atoms with Crippen LogP contribution in [0.25, 0.3) is 0 Å². The molecule has 4 aliphatic carbocycles. The average molecular weight is 597 g/mol. The second-order valence-corrected chi connectivity index (χ2v) is 16.4. The molecule has 1 aromatic carbocycles. The predicted molar refractivity (Wildman–Crippen MR) is 154 cm³/mol. The fourth-order valence-corrected chi connectivity index (χ4v) is 11.3. The molecule has 0 amide bonds. The summed E-state index contributed by atoms with van der Waals surface area (Å²) in [6, 6.07) is 7.68. The van der Waals surface area contributed by atoms with Crippen LogP contribution >= 0.6 is 0 Å². The van der Waals surface area contributed by atoms with Gasteiger partial charge in [0.2, 0.25) is 0 Å². The van der Waals surface area contributed by atoms with E-state index < -0.39 is 38.9 Å². The third-order valence-corrected chi connectivity index (χ3v) is 14.2. The molecule has 0 aliphatic heterocycles. The van der Waals surface area contributed by atoms with E-state index in [9.17, 15) is 31.8 Å². The van der Waals surface area contributed by atoms with Gasteiger partial charge in [0.25, 0.3) is 0 Å². The summed E-state index contributed by atoms with van der Waals surface area (Å²) >= 11 is 0. The molecule has 0 heterocycles. The summed E-state index contributed by atoms with van der Waals surface area (Å²) in [6.45, 7) is 5.09. The van der Waals surface area contributed by atoms with Crippen molar-refractivity contribution in [2.24, 2.45) is 35.0 Å². The van der Waals surface area contributed by atoms with Gasteiger partial charge in [-0.2, -0.15) is 13.2 Å². The molecule has 9 atom stereocenters. The van der Waals surface area contributed by atoms with Gasteiger partial charge < -0.3 is 10.2 Å². The van der Waals surface area contributed by atoms with Crippen molar-refractivity contribution in [3.05, 3.63) is 42.0 Å². The lowest BCUT2D eigenvalue weighted by Crippen LogP contribution is -2.48. The molecular formula is C33H47F3O4S. The van der Waals surface area contributed by atoms with Crippen LogP contribution in [-0.2, 0) is 9.84 Å². The molecule has 5 rings (SSSR count). The second kappa shape index (κ2) is 11.0. The molecule has 0 radical (unpaired) electrons. The smallest absolute Gasteiger partial charge is 0.390 e. The maximum absolute atomic E-state index is 13.7. The van der Waals surface area contributed by atoms with Gasteiger partial charge >= 0.3 is 6.18 Å². The van der Waals surface area contributed by atoms with Crippen molar-refractivity contribution in [1.29, 1.82) is 0 Å². The van der Waals surface area contributed by atoms with Crippen LogP contribution in [0.15, 0.2) is 46.9 Å². The number of sulfone groups is 1. The SMILES string of the molecule is CC[C@]1(O)CCC2C(=CCC3C2CCC2(C)C3CC[C@@H]2CCC(C[C@](C)(O)C(F)(F)F)S(=O)(=O)c2ccccc2)C1. The lowest BCUT2D eigenvalue weighted by molar-refractivity contribution is -0.255. The van der Waals surface area contributed by atoms with Gasteiger partial charge in [-0.3, -0.25) is 0 Å². The summed E-state index contributed by atoms with van der Waals surface area (Å²) in [5.41, 5.74) is -2.16. The number of hydrogen-bond acceptors (Lipinski definition) is 4. The Labute approximate surface area is 243 Å². The summed E-state index contributed by atoms with van der Waals surface area (Å²) in [4.78, 5) is 0.00578. The van der Waals surface area contributed by atoms with Gasteiger partial charge in [0, 0.05) is 6.42 Å². The van der Waals surface area contributed by atoms with E-state index in [0.717, 1.165) is 57.8 Å². The first-order valence-electron chi connectivity index (χ1n) is 15.6. The van der Waals surface area contributed by atoms with Crippen molar-refractivity contribution < 1.29 is 31.8 Å². The van der Waals surface area contributed by atoms with Crippen molar-refractivity contribution in [3.8, 4) is 0 Å². The highest BCUT2D eigenvalue weighted by Crippen LogP contribution is 2.64. The zero-order valence-corrected chi connectivity index (χ0v) is 25.5. The van der Waals surface area contributed by atoms with Crippen LogP contribution in [-0.4, -0.2) is 41.3 Å². The van der Waals surface area contributed by atoms with Crippen LogP contribution in [0, 0.1) is 35.0 Å². The minimum absolute atomic E-state index is 0.00578. The molecule has 41 heavy (non-hydrogen) atoms. The number of aliphatic hydroxyl groups is 2. The first-order valence-corrected chi connectivity index (χ1v) is 17.2. The summed E-state index contributed by atoms with van der Waals surface area (Å²) < 4.78 is 68.2. The topological polar surface area (TPSA) is 74.6 Å². The highest BCUT2D eigenvalue weighted by Gasteiger charge is 2.57. The maximum Gasteiger partial charge on any atom is 0.416 e. The fraction of sp³-hybridized carbons (Fsp3) is 0.758. The van der Waals surface area contributed by atoms with E-state index in [1.54, 1.807) is 18.2 Å². The summed E-state index contributed by atoms with van der Waals surface area (Å²) in [5, 5.41) is 19.9. The van der Waals surface area contributed by atoms with Gasteiger partial charge in [-0.1, -0.05) is 43.7 Å². The normalized spacial score (nSPS) is 37.8. The van der Waals surface area contributed by atoms with Crippen LogP contribution in [0.2, 0.25) is 0 Å². The second-order valence-electron chi connectivity index (χ2n) is 14.2. The largest absolute Gasteiger partial charge is 0.416 e. The molecule has 4 aliphatic rings. The minimum Gasteiger partial charge on any atom is -0.390 e. The Hall–Kier alpha value is -1.38. The van der Waals surface area contributed by atoms with Crippen LogP contribution in [0.3, 0.4) is 0 Å². The Balaban J connectivity index is 1.33. The van der Waals surface area contributed by atoms with E-state index in [2.05, 4.69) is 19.9 Å². The molecular weight excluding hydrogens is 549 g/mol. The summed E-state index contributed by atoms with van der Waals surface area (Å²) in [5.74, 6) is 2.53. The lowest BCUT2D eigenvalue weighted by atomic mass is 9.51. The van der Waals surface area contributed by atoms with Gasteiger partial charge in [-0.15, -0.1) is 0 Å². The Bertz CT molecular complexity index is 1230. The van der Waals surface area contributed by atoms with Crippen LogP contribution in [0.4, 0.5) is 13.2 Å². The van der Waals surface area contributed by atoms with Gasteiger partial charge in [-0.05, 0) is 125 Å². The van der Waals surface area contributed by atoms with Crippen molar-refractivity contribution in [1.82, 2.24) is 0 Å². The molecule has 6 unspecified atom stereocenters. The molecule has 3 fully saturated rings. The fourth-order valence-electron chi connectivity index (χ4n) is 9.36. The molecule has 8 heteroatoms. The standard InChI is InChI=1S/C33H47F3O4S/c1-4-32(38)19-17-26-22(20-32)10-14-28-27(26)16-18-30(2)23(12-15-29(28)30)11-13-25(21-31(3,37)33(34,35)36)41(39,40)24-8-6-5-7-9-24/h5-10,23,25-29,37-38H,4,11-21H2,1-3H3/t23-,25?,26?,27?,28?,29?,30?,31-,32-/m0/s1. The third-order valence-electron chi connectivity index (χ3n) is 12.0. The van der Waals surface area contributed by atoms with Crippen molar-refractivity contribution in [2.75, 3.05) is 0 Å². The Morgan fingerprint density at radius 2 is 1.76 bits per heavy atom. The van der Waals surface area contributed by atoms with E-state index in [0.29, 0.717) is 37.0 Å². The number of hydrogen-bond donors (Lipinski definition) is 2.